The maximum Gasteiger partial charge on any atom is 0.0849 e. The largest absolute Gasteiger partial charge is 0.390 e. The lowest BCUT2D eigenvalue weighted by atomic mass is 10.1. The number of hydrogen-bond acceptors (Lipinski definition) is 3. The summed E-state index contributed by atoms with van der Waals surface area (Å²) in [7, 11) is 0. The monoisotopic (exact) mass is 226 g/mol. The second-order valence-corrected chi connectivity index (χ2v) is 5.57. The van der Waals surface area contributed by atoms with Gasteiger partial charge in [0.1, 0.15) is 0 Å². The summed E-state index contributed by atoms with van der Waals surface area (Å²) in [6, 6.07) is 4.17. The number of rotatable bonds is 5. The van der Waals surface area contributed by atoms with E-state index in [2.05, 4.69) is 19.1 Å². The number of aryl methyl sites for hydroxylation is 1. The lowest BCUT2D eigenvalue weighted by molar-refractivity contribution is 0.00716. The topological polar surface area (TPSA) is 40.5 Å². The molecule has 2 N–H and O–H groups in total. The van der Waals surface area contributed by atoms with Crippen LogP contribution in [0.5, 0.6) is 0 Å². The molecule has 1 aliphatic carbocycles. The highest BCUT2D eigenvalue weighted by atomic mass is 32.1. The van der Waals surface area contributed by atoms with Crippen LogP contribution in [0.3, 0.4) is 0 Å². The van der Waals surface area contributed by atoms with Crippen molar-refractivity contribution in [2.45, 2.75) is 44.8 Å². The first-order valence-electron chi connectivity index (χ1n) is 5.64. The first-order valence-corrected chi connectivity index (χ1v) is 6.46. The Labute approximate surface area is 94.6 Å². The van der Waals surface area contributed by atoms with Gasteiger partial charge in [-0.05, 0) is 37.3 Å². The fourth-order valence-electron chi connectivity index (χ4n) is 1.80. The summed E-state index contributed by atoms with van der Waals surface area (Å²) in [5.74, 6) is 0.352. The van der Waals surface area contributed by atoms with Gasteiger partial charge in [0.2, 0.25) is 0 Å². The molecule has 1 saturated carbocycles. The van der Waals surface area contributed by atoms with E-state index in [-0.39, 0.29) is 0 Å². The zero-order valence-corrected chi connectivity index (χ0v) is 9.83. The van der Waals surface area contributed by atoms with Crippen LogP contribution in [0.1, 0.15) is 29.5 Å². The Kier molecular flexibility index (Phi) is 3.44. The number of aliphatic hydroxyl groups is 2. The van der Waals surface area contributed by atoms with Gasteiger partial charge in [-0.15, -0.1) is 11.3 Å². The number of hydrogen-bond donors (Lipinski definition) is 2. The van der Waals surface area contributed by atoms with E-state index in [4.69, 9.17) is 0 Å². The van der Waals surface area contributed by atoms with Gasteiger partial charge in [0.05, 0.1) is 12.2 Å². The SMILES string of the molecule is CCc1ccc(CC(O)C(O)C2CC2)s1. The molecule has 0 aromatic carbocycles. The van der Waals surface area contributed by atoms with Crippen molar-refractivity contribution < 1.29 is 10.2 Å². The number of aliphatic hydroxyl groups excluding tert-OH is 2. The molecule has 0 aliphatic heterocycles. The van der Waals surface area contributed by atoms with Gasteiger partial charge in [-0.2, -0.15) is 0 Å². The molecule has 0 bridgehead atoms. The van der Waals surface area contributed by atoms with Crippen molar-refractivity contribution in [1.82, 2.24) is 0 Å². The average Bonchev–Trinajstić information content (AvgIpc) is 2.98. The van der Waals surface area contributed by atoms with E-state index in [0.29, 0.717) is 12.3 Å². The van der Waals surface area contributed by atoms with Crippen LogP contribution < -0.4 is 0 Å². The predicted molar refractivity (Wildman–Crippen MR) is 62.1 cm³/mol. The molecule has 0 amide bonds. The zero-order chi connectivity index (χ0) is 10.8. The maximum atomic E-state index is 9.82. The molecule has 2 nitrogen and oxygen atoms in total. The van der Waals surface area contributed by atoms with Gasteiger partial charge in [0.15, 0.2) is 0 Å². The summed E-state index contributed by atoms with van der Waals surface area (Å²) in [4.78, 5) is 2.53. The molecular formula is C12H18O2S. The third-order valence-corrected chi connectivity index (χ3v) is 4.23. The van der Waals surface area contributed by atoms with E-state index in [1.807, 2.05) is 0 Å². The minimum Gasteiger partial charge on any atom is -0.390 e. The van der Waals surface area contributed by atoms with Crippen LogP contribution in [-0.2, 0) is 12.8 Å². The molecule has 1 heterocycles. The van der Waals surface area contributed by atoms with Gasteiger partial charge in [0, 0.05) is 16.2 Å². The molecule has 0 spiro atoms. The quantitative estimate of drug-likeness (QED) is 0.806. The molecule has 2 atom stereocenters. The number of thiophene rings is 1. The highest BCUT2D eigenvalue weighted by Crippen LogP contribution is 2.34. The lowest BCUT2D eigenvalue weighted by Gasteiger charge is -2.16. The van der Waals surface area contributed by atoms with Crippen LogP contribution in [0.25, 0.3) is 0 Å². The van der Waals surface area contributed by atoms with Crippen molar-refractivity contribution in [3.05, 3.63) is 21.9 Å². The summed E-state index contributed by atoms with van der Waals surface area (Å²) < 4.78 is 0. The Balaban J connectivity index is 1.89. The van der Waals surface area contributed by atoms with E-state index in [1.54, 1.807) is 11.3 Å². The molecule has 84 valence electrons. The Morgan fingerprint density at radius 3 is 2.53 bits per heavy atom. The lowest BCUT2D eigenvalue weighted by Crippen LogP contribution is -2.29. The van der Waals surface area contributed by atoms with Crippen LogP contribution >= 0.6 is 11.3 Å². The second-order valence-electron chi connectivity index (χ2n) is 4.32. The predicted octanol–water partition coefficient (Wildman–Crippen LogP) is 1.98. The Hall–Kier alpha value is -0.380. The van der Waals surface area contributed by atoms with Gasteiger partial charge >= 0.3 is 0 Å². The molecule has 1 aromatic rings. The molecule has 0 saturated heterocycles. The molecule has 2 rings (SSSR count). The summed E-state index contributed by atoms with van der Waals surface area (Å²) in [5.41, 5.74) is 0. The van der Waals surface area contributed by atoms with E-state index in [0.717, 1.165) is 19.3 Å². The van der Waals surface area contributed by atoms with Crippen molar-refractivity contribution in [2.24, 2.45) is 5.92 Å². The van der Waals surface area contributed by atoms with Gasteiger partial charge in [-0.1, -0.05) is 6.92 Å². The highest BCUT2D eigenvalue weighted by Gasteiger charge is 2.34. The van der Waals surface area contributed by atoms with Crippen molar-refractivity contribution in [3.63, 3.8) is 0 Å². The Bertz CT molecular complexity index is 317. The average molecular weight is 226 g/mol. The molecule has 3 heteroatoms. The van der Waals surface area contributed by atoms with Gasteiger partial charge in [-0.3, -0.25) is 0 Å². The second kappa shape index (κ2) is 4.64. The molecule has 1 aliphatic rings. The summed E-state index contributed by atoms with van der Waals surface area (Å²) >= 11 is 1.74. The van der Waals surface area contributed by atoms with Crippen molar-refractivity contribution in [2.75, 3.05) is 0 Å². The Morgan fingerprint density at radius 2 is 2.00 bits per heavy atom. The molecule has 15 heavy (non-hydrogen) atoms. The minimum atomic E-state index is -0.583. The van der Waals surface area contributed by atoms with E-state index in [1.165, 1.54) is 9.75 Å². The fourth-order valence-corrected chi connectivity index (χ4v) is 2.81. The normalized spacial score (nSPS) is 20.2. The van der Waals surface area contributed by atoms with E-state index >= 15 is 0 Å². The van der Waals surface area contributed by atoms with Crippen LogP contribution in [0, 0.1) is 5.92 Å². The van der Waals surface area contributed by atoms with Crippen LogP contribution in [0.15, 0.2) is 12.1 Å². The molecule has 0 radical (unpaired) electrons. The van der Waals surface area contributed by atoms with Crippen LogP contribution in [-0.4, -0.2) is 22.4 Å². The fraction of sp³-hybridized carbons (Fsp3) is 0.667. The third-order valence-electron chi connectivity index (χ3n) is 2.98. The van der Waals surface area contributed by atoms with Crippen LogP contribution in [0.4, 0.5) is 0 Å². The van der Waals surface area contributed by atoms with Gasteiger partial charge in [0.25, 0.3) is 0 Å². The summed E-state index contributed by atoms with van der Waals surface area (Å²) in [6.07, 6.45) is 2.69. The first-order chi connectivity index (χ1) is 7.20. The first kappa shape index (κ1) is 11.1. The zero-order valence-electron chi connectivity index (χ0n) is 9.02. The molecular weight excluding hydrogens is 208 g/mol. The van der Waals surface area contributed by atoms with Crippen LogP contribution in [0.2, 0.25) is 0 Å². The minimum absolute atomic E-state index is 0.352. The van der Waals surface area contributed by atoms with Crippen molar-refractivity contribution in [3.8, 4) is 0 Å². The van der Waals surface area contributed by atoms with E-state index < -0.39 is 12.2 Å². The van der Waals surface area contributed by atoms with Crippen molar-refractivity contribution >= 4 is 11.3 Å². The smallest absolute Gasteiger partial charge is 0.0849 e. The summed E-state index contributed by atoms with van der Waals surface area (Å²) in [5, 5.41) is 19.6. The Morgan fingerprint density at radius 1 is 1.33 bits per heavy atom. The van der Waals surface area contributed by atoms with E-state index in [9.17, 15) is 10.2 Å². The highest BCUT2D eigenvalue weighted by molar-refractivity contribution is 7.11. The van der Waals surface area contributed by atoms with Gasteiger partial charge in [-0.25, -0.2) is 0 Å². The molecule has 2 unspecified atom stereocenters. The summed E-state index contributed by atoms with van der Waals surface area (Å²) in [6.45, 7) is 2.13. The van der Waals surface area contributed by atoms with Crippen molar-refractivity contribution in [1.29, 1.82) is 0 Å². The molecule has 1 fully saturated rings. The molecule has 1 aromatic heterocycles. The standard InChI is InChI=1S/C12H18O2S/c1-2-9-5-6-10(15-9)7-11(13)12(14)8-3-4-8/h5-6,8,11-14H,2-4,7H2,1H3. The van der Waals surface area contributed by atoms with Gasteiger partial charge < -0.3 is 10.2 Å². The third kappa shape index (κ3) is 2.80. The maximum absolute atomic E-state index is 9.82.